The van der Waals surface area contributed by atoms with E-state index in [1.54, 1.807) is 12.1 Å². The Morgan fingerprint density at radius 1 is 1.35 bits per heavy atom. The minimum atomic E-state index is -1.03. The van der Waals surface area contributed by atoms with Crippen LogP contribution in [0.15, 0.2) is 22.7 Å². The molecule has 1 atom stereocenters. The number of halogens is 1. The van der Waals surface area contributed by atoms with Gasteiger partial charge in [0.05, 0.1) is 5.56 Å². The molecule has 0 spiro atoms. The molecule has 4 nitrogen and oxygen atoms in total. The van der Waals surface area contributed by atoms with Gasteiger partial charge in [0.2, 0.25) is 0 Å². The summed E-state index contributed by atoms with van der Waals surface area (Å²) in [4.78, 5) is 15.3. The maximum absolute atomic E-state index is 12.8. The summed E-state index contributed by atoms with van der Waals surface area (Å²) >= 11 is 4.84. The molecule has 1 amide bonds. The Kier molecular flexibility index (Phi) is 3.52. The molecule has 1 aromatic carbocycles. The van der Waals surface area contributed by atoms with Crippen LogP contribution in [-0.4, -0.2) is 11.0 Å². The van der Waals surface area contributed by atoms with Gasteiger partial charge in [-0.3, -0.25) is 9.69 Å². The molecular formula is C17H13BrN2O2S. The number of carbonyl (C=O) groups excluding carboxylic acids is 1. The summed E-state index contributed by atoms with van der Waals surface area (Å²) in [5, 5.41) is 20.8. The highest BCUT2D eigenvalue weighted by atomic mass is 79.9. The lowest BCUT2D eigenvalue weighted by Crippen LogP contribution is -2.27. The molecule has 6 heteroatoms. The molecule has 0 radical (unpaired) electrons. The molecular weight excluding hydrogens is 376 g/mol. The molecule has 1 aliphatic heterocycles. The number of nitrogens with zero attached hydrogens (tertiary/aromatic N) is 2. The second-order valence-electron chi connectivity index (χ2n) is 5.78. The maximum atomic E-state index is 12.8. The van der Waals surface area contributed by atoms with Crippen molar-refractivity contribution in [1.82, 2.24) is 0 Å². The van der Waals surface area contributed by atoms with E-state index in [2.05, 4.69) is 22.0 Å². The van der Waals surface area contributed by atoms with Crippen LogP contribution < -0.4 is 4.90 Å². The van der Waals surface area contributed by atoms with Crippen LogP contribution in [0.4, 0.5) is 5.00 Å². The quantitative estimate of drug-likeness (QED) is 0.804. The lowest BCUT2D eigenvalue weighted by molar-refractivity contribution is 0.0936. The van der Waals surface area contributed by atoms with Crippen LogP contribution in [-0.2, 0) is 12.8 Å². The van der Waals surface area contributed by atoms with Gasteiger partial charge in [-0.05, 0) is 43.4 Å². The molecule has 0 saturated heterocycles. The molecule has 116 valence electrons. The van der Waals surface area contributed by atoms with Crippen molar-refractivity contribution in [2.24, 2.45) is 0 Å². The number of thiophene rings is 1. The first kappa shape index (κ1) is 14.9. The van der Waals surface area contributed by atoms with Gasteiger partial charge < -0.3 is 5.11 Å². The number of nitriles is 1. The van der Waals surface area contributed by atoms with Gasteiger partial charge in [-0.2, -0.15) is 5.26 Å². The molecule has 23 heavy (non-hydrogen) atoms. The second-order valence-corrected chi connectivity index (χ2v) is 7.78. The van der Waals surface area contributed by atoms with E-state index < -0.39 is 6.23 Å². The van der Waals surface area contributed by atoms with Crippen molar-refractivity contribution in [3.63, 3.8) is 0 Å². The number of carbonyl (C=O) groups is 1. The number of hydrogen-bond donors (Lipinski definition) is 1. The third-order valence-corrected chi connectivity index (χ3v) is 6.25. The molecule has 1 aromatic heterocycles. The fourth-order valence-corrected chi connectivity index (χ4v) is 5.08. The molecule has 0 saturated carbocycles. The van der Waals surface area contributed by atoms with Crippen molar-refractivity contribution >= 4 is 38.2 Å². The minimum Gasteiger partial charge on any atom is -0.369 e. The highest BCUT2D eigenvalue weighted by Crippen LogP contribution is 2.45. The Hall–Kier alpha value is -1.68. The number of rotatable bonds is 1. The van der Waals surface area contributed by atoms with E-state index >= 15 is 0 Å². The summed E-state index contributed by atoms with van der Waals surface area (Å²) in [6, 6.07) is 7.54. The molecule has 4 rings (SSSR count). The smallest absolute Gasteiger partial charge is 0.261 e. The van der Waals surface area contributed by atoms with Crippen molar-refractivity contribution in [2.45, 2.75) is 31.9 Å². The molecule has 1 N–H and O–H groups in total. The summed E-state index contributed by atoms with van der Waals surface area (Å²) in [7, 11) is 0. The Balaban J connectivity index is 1.85. The Bertz CT molecular complexity index is 868. The molecule has 0 bridgehead atoms. The van der Waals surface area contributed by atoms with Crippen LogP contribution in [0.3, 0.4) is 0 Å². The molecule has 2 heterocycles. The minimum absolute atomic E-state index is 0.246. The van der Waals surface area contributed by atoms with E-state index in [-0.39, 0.29) is 5.91 Å². The number of benzene rings is 1. The Morgan fingerprint density at radius 3 is 2.91 bits per heavy atom. The molecule has 0 fully saturated rings. The first-order valence-electron chi connectivity index (χ1n) is 7.47. The first-order valence-corrected chi connectivity index (χ1v) is 9.08. The van der Waals surface area contributed by atoms with Gasteiger partial charge in [0.15, 0.2) is 6.23 Å². The van der Waals surface area contributed by atoms with E-state index in [9.17, 15) is 15.2 Å². The maximum Gasteiger partial charge on any atom is 0.261 e. The first-order chi connectivity index (χ1) is 11.1. The fourth-order valence-electron chi connectivity index (χ4n) is 3.36. The van der Waals surface area contributed by atoms with Crippen LogP contribution in [0.5, 0.6) is 0 Å². The van der Waals surface area contributed by atoms with Crippen LogP contribution >= 0.6 is 27.3 Å². The lowest BCUT2D eigenvalue weighted by atomic mass is 9.96. The van der Waals surface area contributed by atoms with Gasteiger partial charge in [0, 0.05) is 20.5 Å². The Labute approximate surface area is 146 Å². The normalized spacial score (nSPS) is 19.4. The second kappa shape index (κ2) is 5.45. The molecule has 2 aliphatic rings. The van der Waals surface area contributed by atoms with Crippen LogP contribution in [0.25, 0.3) is 0 Å². The van der Waals surface area contributed by atoms with Gasteiger partial charge in [-0.1, -0.05) is 22.0 Å². The summed E-state index contributed by atoms with van der Waals surface area (Å²) in [6.07, 6.45) is 2.98. The molecule has 2 aromatic rings. The topological polar surface area (TPSA) is 64.3 Å². The standard InChI is InChI=1S/C17H13BrN2O2S/c18-9-5-6-11-12(7-9)16(22)20(15(11)21)17-13(8-19)10-3-1-2-4-14(10)23-17/h5-7,15,21H,1-4H2. The van der Waals surface area contributed by atoms with Gasteiger partial charge in [-0.15, -0.1) is 11.3 Å². The highest BCUT2D eigenvalue weighted by Gasteiger charge is 2.39. The third kappa shape index (κ3) is 2.15. The average molecular weight is 389 g/mol. The van der Waals surface area contributed by atoms with E-state index in [4.69, 9.17) is 0 Å². The number of fused-ring (bicyclic) bond motifs is 2. The van der Waals surface area contributed by atoms with Crippen LogP contribution in [0.2, 0.25) is 0 Å². The number of amides is 1. The summed E-state index contributed by atoms with van der Waals surface area (Å²) < 4.78 is 0.796. The highest BCUT2D eigenvalue weighted by molar-refractivity contribution is 9.10. The van der Waals surface area contributed by atoms with E-state index in [0.717, 1.165) is 35.7 Å². The lowest BCUT2D eigenvalue weighted by Gasteiger charge is -2.19. The summed E-state index contributed by atoms with van der Waals surface area (Å²) in [6.45, 7) is 0. The monoisotopic (exact) mass is 388 g/mol. The predicted octanol–water partition coefficient (Wildman–Crippen LogP) is 3.91. The van der Waals surface area contributed by atoms with E-state index in [0.29, 0.717) is 21.7 Å². The number of aliphatic hydroxyl groups is 1. The van der Waals surface area contributed by atoms with Crippen molar-refractivity contribution in [2.75, 3.05) is 4.90 Å². The van der Waals surface area contributed by atoms with Gasteiger partial charge in [-0.25, -0.2) is 0 Å². The van der Waals surface area contributed by atoms with Crippen molar-refractivity contribution in [1.29, 1.82) is 5.26 Å². The van der Waals surface area contributed by atoms with Crippen molar-refractivity contribution in [3.8, 4) is 6.07 Å². The van der Waals surface area contributed by atoms with Crippen LogP contribution in [0.1, 0.15) is 51.0 Å². The largest absolute Gasteiger partial charge is 0.369 e. The number of anilines is 1. The van der Waals surface area contributed by atoms with Crippen molar-refractivity contribution in [3.05, 3.63) is 49.8 Å². The zero-order valence-corrected chi connectivity index (χ0v) is 14.6. The molecule has 1 unspecified atom stereocenters. The zero-order chi connectivity index (χ0) is 16.1. The summed E-state index contributed by atoms with van der Waals surface area (Å²) in [5.74, 6) is -0.246. The Morgan fingerprint density at radius 2 is 2.13 bits per heavy atom. The zero-order valence-electron chi connectivity index (χ0n) is 12.2. The SMILES string of the molecule is N#Cc1c(N2C(=O)c3cc(Br)ccc3C2O)sc2c1CCCC2. The summed E-state index contributed by atoms with van der Waals surface area (Å²) in [5.41, 5.74) is 2.70. The van der Waals surface area contributed by atoms with Crippen LogP contribution in [0, 0.1) is 11.3 Å². The number of aliphatic hydroxyl groups excluding tert-OH is 1. The third-order valence-electron chi connectivity index (χ3n) is 4.47. The predicted molar refractivity (Wildman–Crippen MR) is 91.6 cm³/mol. The fraction of sp³-hybridized carbons (Fsp3) is 0.294. The molecule has 1 aliphatic carbocycles. The number of hydrogen-bond acceptors (Lipinski definition) is 4. The number of aryl methyl sites for hydroxylation is 1. The average Bonchev–Trinajstić information content (AvgIpc) is 3.03. The van der Waals surface area contributed by atoms with E-state index in [1.807, 2.05) is 6.07 Å². The van der Waals surface area contributed by atoms with Gasteiger partial charge in [0.1, 0.15) is 11.1 Å². The van der Waals surface area contributed by atoms with Gasteiger partial charge in [0.25, 0.3) is 5.91 Å². The van der Waals surface area contributed by atoms with E-state index in [1.165, 1.54) is 21.1 Å². The van der Waals surface area contributed by atoms with Crippen molar-refractivity contribution < 1.29 is 9.90 Å². The van der Waals surface area contributed by atoms with Gasteiger partial charge >= 0.3 is 0 Å².